The Hall–Kier alpha value is -7.26. The molecular weight excluding hydrogens is 831 g/mol. The lowest BCUT2D eigenvalue weighted by atomic mass is 10.0. The molecule has 0 radical (unpaired) electrons. The van der Waals surface area contributed by atoms with Crippen molar-refractivity contribution in [3.8, 4) is 11.5 Å². The van der Waals surface area contributed by atoms with Crippen molar-refractivity contribution in [2.75, 3.05) is 26.2 Å². The minimum atomic E-state index is -1.38. The number of aromatic hydroxyl groups is 2. The molecule has 0 aromatic heterocycles. The topological polar surface area (TPSA) is 360 Å². The summed E-state index contributed by atoms with van der Waals surface area (Å²) in [5.74, 6) is -5.45. The maximum absolute atomic E-state index is 14.1. The molecule has 64 heavy (non-hydrogen) atoms. The number of nitrogens with one attached hydrogen (secondary N) is 5. The van der Waals surface area contributed by atoms with E-state index in [1.807, 2.05) is 0 Å². The Morgan fingerprint density at radius 2 is 1.27 bits per heavy atom. The molecule has 0 saturated carbocycles. The molecule has 344 valence electrons. The summed E-state index contributed by atoms with van der Waals surface area (Å²) in [5, 5.41) is 41.8. The zero-order valence-electron chi connectivity index (χ0n) is 35.2. The Morgan fingerprint density at radius 3 is 1.86 bits per heavy atom. The van der Waals surface area contributed by atoms with Gasteiger partial charge in [-0.1, -0.05) is 54.6 Å². The summed E-state index contributed by atoms with van der Waals surface area (Å²) in [5.41, 5.74) is 24.2. The van der Waals surface area contributed by atoms with E-state index in [1.165, 1.54) is 29.2 Å². The van der Waals surface area contributed by atoms with Crippen molar-refractivity contribution in [2.45, 2.75) is 81.2 Å². The number of hydrogen-bond acceptors (Lipinski definition) is 12. The maximum atomic E-state index is 14.1. The van der Waals surface area contributed by atoms with E-state index in [9.17, 15) is 48.9 Å². The van der Waals surface area contributed by atoms with Crippen LogP contribution in [0.3, 0.4) is 0 Å². The molecular formula is C43H57N11O10. The minimum Gasteiger partial charge on any atom is -0.508 e. The summed E-state index contributed by atoms with van der Waals surface area (Å²) in [7, 11) is 0. The predicted molar refractivity (Wildman–Crippen MR) is 233 cm³/mol. The molecule has 1 saturated heterocycles. The third-order valence-electron chi connectivity index (χ3n) is 10.3. The number of guanidine groups is 1. The van der Waals surface area contributed by atoms with Crippen LogP contribution in [0, 0.1) is 0 Å². The number of likely N-dealkylation sites (tertiary alicyclic amines) is 1. The third-order valence-corrected chi connectivity index (χ3v) is 10.3. The lowest BCUT2D eigenvalue weighted by Crippen LogP contribution is -2.58. The number of amides is 7. The highest BCUT2D eigenvalue weighted by molar-refractivity contribution is 5.96. The number of carbonyl (C=O) groups excluding carboxylic acids is 7. The Balaban J connectivity index is 1.49. The van der Waals surface area contributed by atoms with Crippen LogP contribution in [-0.2, 0) is 52.8 Å². The second-order valence-electron chi connectivity index (χ2n) is 15.3. The van der Waals surface area contributed by atoms with Gasteiger partial charge in [-0.05, 0) is 73.1 Å². The monoisotopic (exact) mass is 887 g/mol. The summed E-state index contributed by atoms with van der Waals surface area (Å²) in [6.07, 6.45) is 0.934. The number of nitrogens with two attached hydrogens (primary N) is 4. The van der Waals surface area contributed by atoms with Gasteiger partial charge in [-0.2, -0.15) is 0 Å². The molecule has 1 aliphatic rings. The third kappa shape index (κ3) is 15.6. The highest BCUT2D eigenvalue weighted by atomic mass is 16.3. The SMILES string of the molecule is NC(=O)[C@H](CO)NC(=O)[C@@H]1CCCN1C(=O)[C@H](Cc1ccc(O)cc1)NC(=O)CNC(=O)[C@H](Cc1ccccc1)NC(=O)[C@H](CCCN=C(N)N)NC(=O)[C@@H](N)Cc1ccc(O)cc1. The van der Waals surface area contributed by atoms with Gasteiger partial charge in [0.15, 0.2) is 5.96 Å². The Morgan fingerprint density at radius 1 is 0.688 bits per heavy atom. The second kappa shape index (κ2) is 24.4. The van der Waals surface area contributed by atoms with E-state index in [-0.39, 0.29) is 69.1 Å². The highest BCUT2D eigenvalue weighted by Gasteiger charge is 2.39. The number of hydrogen-bond donors (Lipinski definition) is 12. The molecule has 6 atom stereocenters. The zero-order valence-corrected chi connectivity index (χ0v) is 35.2. The standard InChI is InChI=1S/C43H57N11O10/c44-30(20-26-10-14-28(56)15-11-26)38(60)51-31(8-4-18-48-43(46)47)40(62)52-32(21-25-6-2-1-3-7-25)39(61)49-23-36(58)50-33(22-27-12-16-29(57)17-13-27)42(64)54-19-5-9-35(54)41(63)53-34(24-55)37(45)59/h1-3,6-7,10-17,30-35,55-57H,4-5,8-9,18-24,44H2,(H2,45,59)(H,49,61)(H,50,58)(H,51,60)(H,52,62)(H,53,63)(H4,46,47,48)/t30-,31-,32-,33-,34-,35-/m0/s1. The van der Waals surface area contributed by atoms with E-state index in [1.54, 1.807) is 54.6 Å². The van der Waals surface area contributed by atoms with E-state index >= 15 is 0 Å². The van der Waals surface area contributed by atoms with Crippen LogP contribution < -0.4 is 49.5 Å². The molecule has 21 nitrogen and oxygen atoms in total. The number of aliphatic imine (C=N–C) groups is 1. The number of aliphatic hydroxyl groups is 1. The van der Waals surface area contributed by atoms with Crippen LogP contribution in [0.5, 0.6) is 11.5 Å². The molecule has 3 aromatic carbocycles. The average Bonchev–Trinajstić information content (AvgIpc) is 3.77. The summed E-state index contributed by atoms with van der Waals surface area (Å²) >= 11 is 0. The van der Waals surface area contributed by atoms with Crippen molar-refractivity contribution in [3.63, 3.8) is 0 Å². The molecule has 16 N–H and O–H groups in total. The molecule has 7 amide bonds. The van der Waals surface area contributed by atoms with Crippen molar-refractivity contribution < 1.29 is 48.9 Å². The number of aliphatic hydroxyl groups excluding tert-OH is 1. The summed E-state index contributed by atoms with van der Waals surface area (Å²) in [6.45, 7) is -1.13. The van der Waals surface area contributed by atoms with Gasteiger partial charge in [-0.15, -0.1) is 0 Å². The van der Waals surface area contributed by atoms with Crippen LogP contribution in [0.1, 0.15) is 42.4 Å². The first-order valence-electron chi connectivity index (χ1n) is 20.6. The molecule has 0 spiro atoms. The van der Waals surface area contributed by atoms with Crippen molar-refractivity contribution >= 4 is 47.3 Å². The quantitative estimate of drug-likeness (QED) is 0.0258. The summed E-state index contributed by atoms with van der Waals surface area (Å²) < 4.78 is 0. The largest absolute Gasteiger partial charge is 0.508 e. The van der Waals surface area contributed by atoms with Gasteiger partial charge in [0.2, 0.25) is 41.4 Å². The normalized spacial score (nSPS) is 15.6. The number of benzene rings is 3. The van der Waals surface area contributed by atoms with Gasteiger partial charge >= 0.3 is 0 Å². The highest BCUT2D eigenvalue weighted by Crippen LogP contribution is 2.21. The van der Waals surface area contributed by atoms with Gasteiger partial charge in [0, 0.05) is 25.9 Å². The first-order chi connectivity index (χ1) is 30.5. The second-order valence-corrected chi connectivity index (χ2v) is 15.3. The molecule has 1 heterocycles. The Labute approximate surface area is 369 Å². The van der Waals surface area contributed by atoms with E-state index in [4.69, 9.17) is 22.9 Å². The fourth-order valence-corrected chi connectivity index (χ4v) is 6.94. The summed E-state index contributed by atoms with van der Waals surface area (Å²) in [4.78, 5) is 98.8. The molecule has 0 bridgehead atoms. The van der Waals surface area contributed by atoms with Crippen molar-refractivity contribution in [1.82, 2.24) is 31.5 Å². The lowest BCUT2D eigenvalue weighted by molar-refractivity contribution is -0.142. The first-order valence-corrected chi connectivity index (χ1v) is 20.6. The molecule has 1 fully saturated rings. The van der Waals surface area contributed by atoms with Crippen LogP contribution >= 0.6 is 0 Å². The van der Waals surface area contributed by atoms with Gasteiger partial charge in [0.05, 0.1) is 19.2 Å². The van der Waals surface area contributed by atoms with Crippen LogP contribution in [0.2, 0.25) is 0 Å². The number of primary amides is 1. The van der Waals surface area contributed by atoms with Crippen molar-refractivity contribution in [1.29, 1.82) is 0 Å². The number of rotatable bonds is 23. The van der Waals surface area contributed by atoms with Crippen molar-refractivity contribution in [2.24, 2.45) is 27.9 Å². The molecule has 21 heteroatoms. The van der Waals surface area contributed by atoms with E-state index in [2.05, 4.69) is 31.6 Å². The zero-order chi connectivity index (χ0) is 46.8. The minimum absolute atomic E-state index is 0.0255. The fraction of sp³-hybridized carbons (Fsp3) is 0.395. The number of carbonyl (C=O) groups is 7. The van der Waals surface area contributed by atoms with Gasteiger partial charge in [-0.3, -0.25) is 38.6 Å². The Kier molecular flexibility index (Phi) is 18.8. The predicted octanol–water partition coefficient (Wildman–Crippen LogP) is -2.97. The van der Waals surface area contributed by atoms with E-state index in [0.717, 1.165) is 0 Å². The van der Waals surface area contributed by atoms with Crippen molar-refractivity contribution in [3.05, 3.63) is 95.6 Å². The van der Waals surface area contributed by atoms with Gasteiger partial charge < -0.3 is 69.7 Å². The fourth-order valence-electron chi connectivity index (χ4n) is 6.94. The van der Waals surface area contributed by atoms with E-state index in [0.29, 0.717) is 23.1 Å². The van der Waals surface area contributed by atoms with Gasteiger partial charge in [0.1, 0.15) is 41.7 Å². The van der Waals surface area contributed by atoms with Crippen LogP contribution in [0.25, 0.3) is 0 Å². The lowest BCUT2D eigenvalue weighted by Gasteiger charge is -2.29. The number of phenols is 2. The molecule has 0 unspecified atom stereocenters. The molecule has 0 aliphatic carbocycles. The summed E-state index contributed by atoms with van der Waals surface area (Å²) in [6, 6.07) is 13.5. The van der Waals surface area contributed by atoms with Crippen LogP contribution in [0.4, 0.5) is 0 Å². The average molecular weight is 888 g/mol. The van der Waals surface area contributed by atoms with E-state index < -0.39 is 90.8 Å². The van der Waals surface area contributed by atoms with Crippen LogP contribution in [-0.4, -0.2) is 130 Å². The maximum Gasteiger partial charge on any atom is 0.246 e. The van der Waals surface area contributed by atoms with Crippen LogP contribution in [0.15, 0.2) is 83.9 Å². The van der Waals surface area contributed by atoms with Gasteiger partial charge in [0.25, 0.3) is 0 Å². The number of nitrogens with zero attached hydrogens (tertiary/aromatic N) is 2. The Bertz CT molecular complexity index is 2100. The first kappa shape index (κ1) is 49.4. The molecule has 1 aliphatic heterocycles. The number of phenolic OH excluding ortho intramolecular Hbond substituents is 2. The van der Waals surface area contributed by atoms with Gasteiger partial charge in [-0.25, -0.2) is 0 Å². The molecule has 4 rings (SSSR count). The molecule has 3 aromatic rings. The smallest absolute Gasteiger partial charge is 0.246 e.